The molecule has 0 saturated carbocycles. The highest BCUT2D eigenvalue weighted by molar-refractivity contribution is 7.99. The summed E-state index contributed by atoms with van der Waals surface area (Å²) >= 11 is 7.84. The van der Waals surface area contributed by atoms with Crippen LogP contribution in [0.3, 0.4) is 0 Å². The quantitative estimate of drug-likeness (QED) is 0.650. The molecule has 0 radical (unpaired) electrons. The fourth-order valence-corrected chi connectivity index (χ4v) is 2.80. The second-order valence-electron chi connectivity index (χ2n) is 4.80. The molecule has 6 heteroatoms. The second kappa shape index (κ2) is 7.52. The number of anilines is 1. The summed E-state index contributed by atoms with van der Waals surface area (Å²) in [6, 6.07) is 10.2. The first-order chi connectivity index (χ1) is 10.1. The maximum Gasteiger partial charge on any atom is 0.287 e. The summed E-state index contributed by atoms with van der Waals surface area (Å²) in [4.78, 5) is 13.2. The minimum Gasteiger partial charge on any atom is -0.382 e. The number of nitrogens with one attached hydrogen (secondary N) is 1. The van der Waals surface area contributed by atoms with Crippen LogP contribution in [-0.4, -0.2) is 22.1 Å². The molecule has 0 aliphatic heterocycles. The summed E-state index contributed by atoms with van der Waals surface area (Å²) in [5.74, 6) is 0.883. The molecule has 0 aliphatic rings. The Morgan fingerprint density at radius 3 is 2.71 bits per heavy atom. The van der Waals surface area contributed by atoms with Crippen molar-refractivity contribution in [3.63, 3.8) is 0 Å². The molecule has 1 N–H and O–H groups in total. The van der Waals surface area contributed by atoms with Gasteiger partial charge in [0.2, 0.25) is 0 Å². The van der Waals surface area contributed by atoms with Gasteiger partial charge in [0.1, 0.15) is 5.02 Å². The van der Waals surface area contributed by atoms with Crippen LogP contribution in [0.2, 0.25) is 5.02 Å². The summed E-state index contributed by atoms with van der Waals surface area (Å²) in [5.41, 5.74) is 0.333. The van der Waals surface area contributed by atoms with Crippen LogP contribution in [0.15, 0.2) is 46.2 Å². The Kier molecular flexibility index (Phi) is 5.70. The van der Waals surface area contributed by atoms with E-state index in [1.54, 1.807) is 18.0 Å². The van der Waals surface area contributed by atoms with Crippen LogP contribution < -0.4 is 10.9 Å². The smallest absolute Gasteiger partial charge is 0.287 e. The van der Waals surface area contributed by atoms with Crippen molar-refractivity contribution < 1.29 is 0 Å². The van der Waals surface area contributed by atoms with Gasteiger partial charge in [-0.2, -0.15) is 5.10 Å². The predicted molar refractivity (Wildman–Crippen MR) is 89.5 cm³/mol. The second-order valence-corrected chi connectivity index (χ2v) is 6.35. The number of halogens is 1. The van der Waals surface area contributed by atoms with Crippen LogP contribution in [0.4, 0.5) is 5.69 Å². The number of aromatic nitrogens is 2. The van der Waals surface area contributed by atoms with Gasteiger partial charge in [0.25, 0.3) is 5.56 Å². The Labute approximate surface area is 133 Å². The molecule has 1 heterocycles. The minimum atomic E-state index is -0.257. The molecular weight excluding hydrogens is 306 g/mol. The highest BCUT2D eigenvalue weighted by atomic mass is 35.5. The third-order valence-corrected chi connectivity index (χ3v) is 4.24. The lowest BCUT2D eigenvalue weighted by Gasteiger charge is -2.12. The Morgan fingerprint density at radius 1 is 1.33 bits per heavy atom. The van der Waals surface area contributed by atoms with Gasteiger partial charge in [-0.25, -0.2) is 4.68 Å². The van der Waals surface area contributed by atoms with Crippen molar-refractivity contribution >= 4 is 29.1 Å². The highest BCUT2D eigenvalue weighted by Gasteiger charge is 2.10. The van der Waals surface area contributed by atoms with E-state index in [1.807, 2.05) is 32.0 Å². The number of benzene rings is 1. The first-order valence-corrected chi connectivity index (χ1v) is 8.15. The Bertz CT molecular complexity index is 643. The zero-order valence-electron chi connectivity index (χ0n) is 12.0. The lowest BCUT2D eigenvalue weighted by molar-refractivity contribution is 0.503. The monoisotopic (exact) mass is 323 g/mol. The standard InChI is InChI=1S/C15H18ClN3OS/c1-11(2)19-15(20)14(16)13(10-18-19)17-8-9-21-12-6-4-3-5-7-12/h3-7,10-11,17H,8-9H2,1-2H3. The largest absolute Gasteiger partial charge is 0.382 e. The first kappa shape index (κ1) is 15.9. The van der Waals surface area contributed by atoms with E-state index in [-0.39, 0.29) is 16.6 Å². The Balaban J connectivity index is 1.92. The van der Waals surface area contributed by atoms with Crippen LogP contribution in [0, 0.1) is 0 Å². The topological polar surface area (TPSA) is 46.9 Å². The average Bonchev–Trinajstić information content (AvgIpc) is 2.48. The van der Waals surface area contributed by atoms with Gasteiger partial charge in [0.05, 0.1) is 17.9 Å². The fourth-order valence-electron chi connectivity index (χ4n) is 1.81. The van der Waals surface area contributed by atoms with Crippen molar-refractivity contribution in [2.75, 3.05) is 17.6 Å². The van der Waals surface area contributed by atoms with Gasteiger partial charge in [-0.05, 0) is 26.0 Å². The van der Waals surface area contributed by atoms with Crippen LogP contribution in [0.1, 0.15) is 19.9 Å². The van der Waals surface area contributed by atoms with Crippen LogP contribution in [0.25, 0.3) is 0 Å². The first-order valence-electron chi connectivity index (χ1n) is 6.78. The summed E-state index contributed by atoms with van der Waals surface area (Å²) in [6.07, 6.45) is 1.61. The van der Waals surface area contributed by atoms with Gasteiger partial charge >= 0.3 is 0 Å². The van der Waals surface area contributed by atoms with E-state index in [4.69, 9.17) is 11.6 Å². The molecule has 0 bridgehead atoms. The predicted octanol–water partition coefficient (Wildman–Crippen LogP) is 3.68. The molecule has 0 atom stereocenters. The van der Waals surface area contributed by atoms with E-state index in [1.165, 1.54) is 9.58 Å². The third-order valence-electron chi connectivity index (χ3n) is 2.86. The van der Waals surface area contributed by atoms with Crippen molar-refractivity contribution in [1.29, 1.82) is 0 Å². The lowest BCUT2D eigenvalue weighted by Crippen LogP contribution is -2.26. The molecular formula is C15H18ClN3OS. The average molecular weight is 324 g/mol. The van der Waals surface area contributed by atoms with Crippen molar-refractivity contribution in [1.82, 2.24) is 9.78 Å². The summed E-state index contributed by atoms with van der Waals surface area (Å²) in [5, 5.41) is 7.49. The van der Waals surface area contributed by atoms with E-state index < -0.39 is 0 Å². The van der Waals surface area contributed by atoms with Crippen molar-refractivity contribution in [3.05, 3.63) is 51.9 Å². The van der Waals surface area contributed by atoms with Crippen LogP contribution >= 0.6 is 23.4 Å². The molecule has 0 saturated heterocycles. The molecule has 0 amide bonds. The number of thioether (sulfide) groups is 1. The van der Waals surface area contributed by atoms with E-state index in [0.717, 1.165) is 5.75 Å². The third kappa shape index (κ3) is 4.25. The maximum atomic E-state index is 12.0. The number of hydrogen-bond acceptors (Lipinski definition) is 4. The summed E-state index contributed by atoms with van der Waals surface area (Å²) < 4.78 is 1.38. The van der Waals surface area contributed by atoms with Gasteiger partial charge in [-0.15, -0.1) is 11.8 Å². The van der Waals surface area contributed by atoms with Crippen molar-refractivity contribution in [2.45, 2.75) is 24.8 Å². The molecule has 0 spiro atoms. The molecule has 2 rings (SSSR count). The molecule has 0 unspecified atom stereocenters. The Hall–Kier alpha value is -1.46. The van der Waals surface area contributed by atoms with E-state index in [0.29, 0.717) is 12.2 Å². The van der Waals surface area contributed by atoms with Crippen LogP contribution in [-0.2, 0) is 0 Å². The van der Waals surface area contributed by atoms with E-state index in [9.17, 15) is 4.79 Å². The molecule has 1 aromatic carbocycles. The lowest BCUT2D eigenvalue weighted by atomic mass is 10.4. The number of hydrogen-bond donors (Lipinski definition) is 1. The molecule has 0 fully saturated rings. The fraction of sp³-hybridized carbons (Fsp3) is 0.333. The summed E-state index contributed by atoms with van der Waals surface area (Å²) in [6.45, 7) is 4.51. The van der Waals surface area contributed by atoms with Crippen molar-refractivity contribution in [3.8, 4) is 0 Å². The zero-order valence-corrected chi connectivity index (χ0v) is 13.6. The molecule has 21 heavy (non-hydrogen) atoms. The minimum absolute atomic E-state index is 0.00214. The maximum absolute atomic E-state index is 12.0. The molecule has 4 nitrogen and oxygen atoms in total. The summed E-state index contributed by atoms with van der Waals surface area (Å²) in [7, 11) is 0. The molecule has 112 valence electrons. The van der Waals surface area contributed by atoms with Gasteiger partial charge in [0.15, 0.2) is 0 Å². The van der Waals surface area contributed by atoms with Gasteiger partial charge in [-0.3, -0.25) is 4.79 Å². The van der Waals surface area contributed by atoms with E-state index in [2.05, 4.69) is 22.5 Å². The molecule has 0 aliphatic carbocycles. The zero-order chi connectivity index (χ0) is 15.2. The van der Waals surface area contributed by atoms with Crippen LogP contribution in [0.5, 0.6) is 0 Å². The molecule has 2 aromatic rings. The Morgan fingerprint density at radius 2 is 2.05 bits per heavy atom. The number of nitrogens with zero attached hydrogens (tertiary/aromatic N) is 2. The van der Waals surface area contributed by atoms with Gasteiger partial charge < -0.3 is 5.32 Å². The normalized spacial score (nSPS) is 10.9. The van der Waals surface area contributed by atoms with Gasteiger partial charge in [-0.1, -0.05) is 29.8 Å². The molecule has 1 aromatic heterocycles. The highest BCUT2D eigenvalue weighted by Crippen LogP contribution is 2.19. The van der Waals surface area contributed by atoms with Gasteiger partial charge in [0, 0.05) is 17.2 Å². The number of rotatable bonds is 6. The SMILES string of the molecule is CC(C)n1ncc(NCCSc2ccccc2)c(Cl)c1=O. The van der Waals surface area contributed by atoms with Crippen molar-refractivity contribution in [2.24, 2.45) is 0 Å². The van der Waals surface area contributed by atoms with E-state index >= 15 is 0 Å².